The third-order valence-corrected chi connectivity index (χ3v) is 4.48. The predicted octanol–water partition coefficient (Wildman–Crippen LogP) is 2.27. The van der Waals surface area contributed by atoms with Crippen molar-refractivity contribution in [2.45, 2.75) is 59.1 Å². The summed E-state index contributed by atoms with van der Waals surface area (Å²) in [4.78, 5) is 25.8. The second kappa shape index (κ2) is 8.29. The van der Waals surface area contributed by atoms with Gasteiger partial charge in [0.15, 0.2) is 5.43 Å². The van der Waals surface area contributed by atoms with E-state index in [0.717, 1.165) is 50.3 Å². The van der Waals surface area contributed by atoms with E-state index >= 15 is 0 Å². The van der Waals surface area contributed by atoms with Gasteiger partial charge in [0.05, 0.1) is 6.10 Å². The van der Waals surface area contributed by atoms with Gasteiger partial charge in [0.25, 0.3) is 0 Å². The second-order valence-electron chi connectivity index (χ2n) is 6.32. The molecule has 1 atom stereocenters. The number of amides is 1. The van der Waals surface area contributed by atoms with E-state index < -0.39 is 0 Å². The summed E-state index contributed by atoms with van der Waals surface area (Å²) >= 11 is 0. The SMILES string of the molecule is CCC1CN(C(=O)CCCn2c(C)cc(=O)cc2C)CCCO1. The first kappa shape index (κ1) is 17.7. The Hall–Kier alpha value is -1.62. The number of carbonyl (C=O) groups excluding carboxylic acids is 1. The standard InChI is InChI=1S/C18H28N2O3/c1-4-17-13-19(8-6-10-23-17)18(22)7-5-9-20-14(2)11-16(21)12-15(20)3/h11-12,17H,4-10,13H2,1-3H3. The van der Waals surface area contributed by atoms with E-state index in [2.05, 4.69) is 11.5 Å². The average molecular weight is 320 g/mol. The minimum atomic E-state index is 0.0440. The topological polar surface area (TPSA) is 51.5 Å². The number of nitrogens with zero attached hydrogens (tertiary/aromatic N) is 2. The first-order valence-electron chi connectivity index (χ1n) is 8.58. The van der Waals surface area contributed by atoms with Crippen LogP contribution in [0.1, 0.15) is 44.0 Å². The highest BCUT2D eigenvalue weighted by Crippen LogP contribution is 2.12. The first-order valence-corrected chi connectivity index (χ1v) is 8.58. The summed E-state index contributed by atoms with van der Waals surface area (Å²) in [6, 6.07) is 3.29. The summed E-state index contributed by atoms with van der Waals surface area (Å²) in [5.74, 6) is 0.213. The number of pyridine rings is 1. The van der Waals surface area contributed by atoms with E-state index in [-0.39, 0.29) is 17.4 Å². The van der Waals surface area contributed by atoms with Gasteiger partial charge >= 0.3 is 0 Å². The van der Waals surface area contributed by atoms with E-state index in [9.17, 15) is 9.59 Å². The minimum Gasteiger partial charge on any atom is -0.376 e. The van der Waals surface area contributed by atoms with Crippen LogP contribution in [0.5, 0.6) is 0 Å². The van der Waals surface area contributed by atoms with Crippen LogP contribution in [0.4, 0.5) is 0 Å². The Bertz CT molecular complexity index is 568. The molecule has 0 saturated carbocycles. The molecule has 0 radical (unpaired) electrons. The lowest BCUT2D eigenvalue weighted by molar-refractivity contribution is -0.132. The van der Waals surface area contributed by atoms with Gasteiger partial charge in [-0.3, -0.25) is 9.59 Å². The van der Waals surface area contributed by atoms with Crippen molar-refractivity contribution in [2.75, 3.05) is 19.7 Å². The van der Waals surface area contributed by atoms with Gasteiger partial charge in [-0.15, -0.1) is 0 Å². The molecular weight excluding hydrogens is 292 g/mol. The van der Waals surface area contributed by atoms with Crippen LogP contribution in [0.3, 0.4) is 0 Å². The van der Waals surface area contributed by atoms with Crippen molar-refractivity contribution in [1.29, 1.82) is 0 Å². The maximum Gasteiger partial charge on any atom is 0.222 e. The molecule has 1 aliphatic heterocycles. The molecule has 0 spiro atoms. The molecule has 1 fully saturated rings. The molecule has 0 aromatic carbocycles. The zero-order valence-electron chi connectivity index (χ0n) is 14.5. The molecule has 0 N–H and O–H groups in total. The lowest BCUT2D eigenvalue weighted by Gasteiger charge is -2.23. The number of hydrogen-bond donors (Lipinski definition) is 0. The first-order chi connectivity index (χ1) is 11.0. The monoisotopic (exact) mass is 320 g/mol. The van der Waals surface area contributed by atoms with Crippen molar-refractivity contribution in [3.63, 3.8) is 0 Å². The lowest BCUT2D eigenvalue weighted by atomic mass is 10.2. The van der Waals surface area contributed by atoms with Gasteiger partial charge in [-0.25, -0.2) is 0 Å². The molecule has 1 amide bonds. The molecule has 0 aliphatic carbocycles. The van der Waals surface area contributed by atoms with Crippen molar-refractivity contribution in [3.8, 4) is 0 Å². The molecule has 1 aliphatic rings. The molecule has 1 unspecified atom stereocenters. The molecule has 2 rings (SSSR count). The molecule has 2 heterocycles. The average Bonchev–Trinajstić information content (AvgIpc) is 2.75. The maximum absolute atomic E-state index is 12.4. The summed E-state index contributed by atoms with van der Waals surface area (Å²) in [6.45, 7) is 9.00. The number of ether oxygens (including phenoxy) is 1. The summed E-state index contributed by atoms with van der Waals surface area (Å²) in [5, 5.41) is 0. The largest absolute Gasteiger partial charge is 0.376 e. The predicted molar refractivity (Wildman–Crippen MR) is 90.6 cm³/mol. The van der Waals surface area contributed by atoms with Crippen molar-refractivity contribution >= 4 is 5.91 Å². The molecule has 1 aromatic heterocycles. The summed E-state index contributed by atoms with van der Waals surface area (Å²) in [5.41, 5.74) is 1.95. The molecule has 128 valence electrons. The van der Waals surface area contributed by atoms with Crippen LogP contribution < -0.4 is 5.43 Å². The van der Waals surface area contributed by atoms with Crippen LogP contribution in [0.15, 0.2) is 16.9 Å². The van der Waals surface area contributed by atoms with E-state index in [4.69, 9.17) is 4.74 Å². The quantitative estimate of drug-likeness (QED) is 0.836. The Balaban J connectivity index is 1.88. The third kappa shape index (κ3) is 4.93. The molecule has 5 nitrogen and oxygen atoms in total. The zero-order chi connectivity index (χ0) is 16.8. The van der Waals surface area contributed by atoms with Crippen molar-refractivity contribution in [2.24, 2.45) is 0 Å². The Kier molecular flexibility index (Phi) is 6.39. The van der Waals surface area contributed by atoms with Crippen molar-refractivity contribution < 1.29 is 9.53 Å². The molecule has 0 bridgehead atoms. The van der Waals surface area contributed by atoms with Crippen LogP contribution in [0.25, 0.3) is 0 Å². The van der Waals surface area contributed by atoms with Gasteiger partial charge in [0, 0.05) is 56.2 Å². The molecular formula is C18H28N2O3. The lowest BCUT2D eigenvalue weighted by Crippen LogP contribution is -2.36. The van der Waals surface area contributed by atoms with Crippen molar-refractivity contribution in [3.05, 3.63) is 33.7 Å². The van der Waals surface area contributed by atoms with E-state index in [1.807, 2.05) is 18.7 Å². The summed E-state index contributed by atoms with van der Waals surface area (Å²) in [6.07, 6.45) is 3.36. The van der Waals surface area contributed by atoms with Crippen LogP contribution in [-0.4, -0.2) is 41.2 Å². The highest BCUT2D eigenvalue weighted by molar-refractivity contribution is 5.76. The molecule has 1 saturated heterocycles. The van der Waals surface area contributed by atoms with Gasteiger partial charge in [0.2, 0.25) is 5.91 Å². The molecule has 23 heavy (non-hydrogen) atoms. The molecule has 1 aromatic rings. The van der Waals surface area contributed by atoms with Crippen LogP contribution in [-0.2, 0) is 16.1 Å². The van der Waals surface area contributed by atoms with E-state index in [1.54, 1.807) is 12.1 Å². The maximum atomic E-state index is 12.4. The fourth-order valence-corrected chi connectivity index (χ4v) is 3.16. The second-order valence-corrected chi connectivity index (χ2v) is 6.32. The number of rotatable bonds is 5. The van der Waals surface area contributed by atoms with Crippen LogP contribution in [0, 0.1) is 13.8 Å². The minimum absolute atomic E-state index is 0.0440. The molecule has 5 heteroatoms. The Morgan fingerprint density at radius 1 is 1.30 bits per heavy atom. The van der Waals surface area contributed by atoms with Gasteiger partial charge in [0.1, 0.15) is 0 Å². The zero-order valence-corrected chi connectivity index (χ0v) is 14.5. The highest BCUT2D eigenvalue weighted by Gasteiger charge is 2.21. The van der Waals surface area contributed by atoms with Crippen LogP contribution in [0.2, 0.25) is 0 Å². The van der Waals surface area contributed by atoms with Gasteiger partial charge in [-0.2, -0.15) is 0 Å². The Labute approximate surface area is 138 Å². The van der Waals surface area contributed by atoms with Crippen LogP contribution >= 0.6 is 0 Å². The van der Waals surface area contributed by atoms with Crippen molar-refractivity contribution in [1.82, 2.24) is 9.47 Å². The van der Waals surface area contributed by atoms with E-state index in [1.165, 1.54) is 0 Å². The summed E-state index contributed by atoms with van der Waals surface area (Å²) in [7, 11) is 0. The fraction of sp³-hybridized carbons (Fsp3) is 0.667. The Morgan fingerprint density at radius 2 is 2.00 bits per heavy atom. The van der Waals surface area contributed by atoms with Gasteiger partial charge < -0.3 is 14.2 Å². The third-order valence-electron chi connectivity index (χ3n) is 4.48. The fourth-order valence-electron chi connectivity index (χ4n) is 3.16. The van der Waals surface area contributed by atoms with Gasteiger partial charge in [-0.05, 0) is 33.1 Å². The van der Waals surface area contributed by atoms with E-state index in [0.29, 0.717) is 13.0 Å². The number of carbonyl (C=O) groups is 1. The number of aromatic nitrogens is 1. The summed E-state index contributed by atoms with van der Waals surface area (Å²) < 4.78 is 7.83. The highest BCUT2D eigenvalue weighted by atomic mass is 16.5. The smallest absolute Gasteiger partial charge is 0.222 e. The normalized spacial score (nSPS) is 18.7. The number of aryl methyl sites for hydroxylation is 2. The van der Waals surface area contributed by atoms with Gasteiger partial charge in [-0.1, -0.05) is 6.92 Å². The Morgan fingerprint density at radius 3 is 2.65 bits per heavy atom. The number of hydrogen-bond acceptors (Lipinski definition) is 3.